The number of aliphatic hydroxyl groups excluding tert-OH is 3. The van der Waals surface area contributed by atoms with Crippen LogP contribution >= 0.6 is 0 Å². The number of amides is 1. The van der Waals surface area contributed by atoms with Crippen molar-refractivity contribution in [1.82, 2.24) is 5.32 Å². The molecule has 0 radical (unpaired) electrons. The van der Waals surface area contributed by atoms with Gasteiger partial charge in [0.1, 0.15) is 6.10 Å². The number of allylic oxidation sites excluding steroid dienone is 4. The number of hydrogen-bond acceptors (Lipinski definition) is 4. The molecule has 0 fully saturated rings. The van der Waals surface area contributed by atoms with Gasteiger partial charge in [-0.1, -0.05) is 199 Å². The molecule has 50 heavy (non-hydrogen) atoms. The molecule has 5 heteroatoms. The quantitative estimate of drug-likeness (QED) is 0.0377. The predicted molar refractivity (Wildman–Crippen MR) is 218 cm³/mol. The minimum absolute atomic E-state index is 0.156. The Morgan fingerprint density at radius 3 is 1.22 bits per heavy atom. The summed E-state index contributed by atoms with van der Waals surface area (Å²) in [6, 6.07) is -0.828. The largest absolute Gasteiger partial charge is 0.394 e. The van der Waals surface area contributed by atoms with Crippen LogP contribution < -0.4 is 5.32 Å². The lowest BCUT2D eigenvalue weighted by Crippen LogP contribution is -2.50. The van der Waals surface area contributed by atoms with Crippen molar-refractivity contribution < 1.29 is 20.1 Å². The van der Waals surface area contributed by atoms with Crippen LogP contribution in [0.15, 0.2) is 24.3 Å². The molecule has 5 nitrogen and oxygen atoms in total. The fraction of sp³-hybridized carbons (Fsp3) is 0.889. The summed E-state index contributed by atoms with van der Waals surface area (Å²) in [7, 11) is 0. The van der Waals surface area contributed by atoms with Crippen molar-refractivity contribution in [2.45, 2.75) is 250 Å². The molecule has 3 unspecified atom stereocenters. The topological polar surface area (TPSA) is 89.8 Å². The van der Waals surface area contributed by atoms with Crippen LogP contribution in [0.3, 0.4) is 0 Å². The van der Waals surface area contributed by atoms with Gasteiger partial charge >= 0.3 is 0 Å². The molecule has 0 rings (SSSR count). The second kappa shape index (κ2) is 40.6. The fourth-order valence-electron chi connectivity index (χ4n) is 6.83. The maximum atomic E-state index is 12.4. The number of nitrogens with one attached hydrogen (secondary N) is 1. The van der Waals surface area contributed by atoms with Gasteiger partial charge in [0, 0.05) is 6.42 Å². The number of rotatable bonds is 40. The third kappa shape index (κ3) is 35.2. The van der Waals surface area contributed by atoms with E-state index in [-0.39, 0.29) is 12.5 Å². The average Bonchev–Trinajstić information content (AvgIpc) is 3.12. The highest BCUT2D eigenvalue weighted by atomic mass is 16.3. The van der Waals surface area contributed by atoms with Crippen LogP contribution in [0, 0.1) is 0 Å². The molecule has 0 bridgehead atoms. The van der Waals surface area contributed by atoms with Crippen LogP contribution in [0.5, 0.6) is 0 Å². The van der Waals surface area contributed by atoms with Gasteiger partial charge in [-0.3, -0.25) is 4.79 Å². The van der Waals surface area contributed by atoms with Crippen molar-refractivity contribution in [1.29, 1.82) is 0 Å². The van der Waals surface area contributed by atoms with Gasteiger partial charge in [-0.25, -0.2) is 0 Å². The predicted octanol–water partition coefficient (Wildman–Crippen LogP) is 12.6. The van der Waals surface area contributed by atoms with Crippen LogP contribution in [-0.2, 0) is 4.79 Å². The van der Waals surface area contributed by atoms with E-state index in [0.29, 0.717) is 12.8 Å². The highest BCUT2D eigenvalue weighted by molar-refractivity contribution is 5.76. The average molecular weight is 706 g/mol. The summed E-state index contributed by atoms with van der Waals surface area (Å²) in [4.78, 5) is 12.4. The van der Waals surface area contributed by atoms with Crippen LogP contribution in [0.1, 0.15) is 232 Å². The number of unbranched alkanes of at least 4 members (excludes halogenated alkanes) is 28. The first-order valence-electron chi connectivity index (χ1n) is 22.1. The van der Waals surface area contributed by atoms with Crippen LogP contribution in [-0.4, -0.2) is 46.1 Å². The van der Waals surface area contributed by atoms with Gasteiger partial charge < -0.3 is 20.6 Å². The molecule has 3 atom stereocenters. The number of carbonyl (C=O) groups is 1. The van der Waals surface area contributed by atoms with E-state index in [1.54, 1.807) is 0 Å². The summed E-state index contributed by atoms with van der Waals surface area (Å²) in [5.41, 5.74) is 0. The van der Waals surface area contributed by atoms with Crippen LogP contribution in [0.25, 0.3) is 0 Å². The SMILES string of the molecule is CCCCCCCCCCCCCC/C=C/CC/C=C/CCCC(O)C(O)C(CO)NC(=O)CCCCCCCCCCCCCCCCC. The van der Waals surface area contributed by atoms with E-state index in [1.165, 1.54) is 161 Å². The molecule has 0 aromatic rings. The second-order valence-corrected chi connectivity index (χ2v) is 15.2. The Balaban J connectivity index is 3.68. The maximum Gasteiger partial charge on any atom is 0.220 e. The molecule has 0 saturated carbocycles. The molecule has 0 saturated heterocycles. The van der Waals surface area contributed by atoms with Crippen molar-refractivity contribution >= 4 is 5.91 Å². The molecule has 296 valence electrons. The Kier molecular flexibility index (Phi) is 39.6. The van der Waals surface area contributed by atoms with E-state index in [2.05, 4.69) is 43.5 Å². The maximum absolute atomic E-state index is 12.4. The summed E-state index contributed by atoms with van der Waals surface area (Å²) in [5, 5.41) is 33.5. The number of aliphatic hydroxyl groups is 3. The van der Waals surface area contributed by atoms with Crippen molar-refractivity contribution in [3.8, 4) is 0 Å². The first-order chi connectivity index (χ1) is 24.6. The molecule has 0 aromatic carbocycles. The van der Waals surface area contributed by atoms with Gasteiger partial charge in [-0.05, 0) is 51.4 Å². The minimum atomic E-state index is -1.16. The van der Waals surface area contributed by atoms with Crippen molar-refractivity contribution in [2.75, 3.05) is 6.61 Å². The Bertz CT molecular complexity index is 739. The molecule has 1 amide bonds. The van der Waals surface area contributed by atoms with E-state index < -0.39 is 18.2 Å². The van der Waals surface area contributed by atoms with E-state index >= 15 is 0 Å². The molecule has 0 aliphatic carbocycles. The van der Waals surface area contributed by atoms with Crippen LogP contribution in [0.2, 0.25) is 0 Å². The molecule has 0 aromatic heterocycles. The fourth-order valence-corrected chi connectivity index (χ4v) is 6.83. The lowest BCUT2D eigenvalue weighted by atomic mass is 10.0. The molecular formula is C45H87NO4. The summed E-state index contributed by atoms with van der Waals surface area (Å²) in [6.45, 7) is 4.17. The molecule has 0 aliphatic heterocycles. The standard InChI is InChI=1S/C45H87NO4/c1-3-5-7-9-11-13-15-17-19-20-21-22-23-24-26-27-29-31-33-35-37-39-43(48)45(50)42(41-47)46-44(49)40-38-36-34-32-30-28-25-18-16-14-12-10-8-6-4-2/h24,26,31,33,42-43,45,47-48,50H,3-23,25,27-30,32,34-41H2,1-2H3,(H,46,49)/b26-24+,33-31+. The monoisotopic (exact) mass is 706 g/mol. The Hall–Kier alpha value is -1.17. The van der Waals surface area contributed by atoms with Gasteiger partial charge in [0.15, 0.2) is 0 Å². The first kappa shape index (κ1) is 48.8. The molecular weight excluding hydrogens is 618 g/mol. The lowest BCUT2D eigenvalue weighted by Gasteiger charge is -2.26. The number of hydrogen-bond donors (Lipinski definition) is 4. The first-order valence-corrected chi connectivity index (χ1v) is 22.1. The molecule has 4 N–H and O–H groups in total. The third-order valence-corrected chi connectivity index (χ3v) is 10.3. The van der Waals surface area contributed by atoms with E-state index in [1.807, 2.05) is 0 Å². The third-order valence-electron chi connectivity index (χ3n) is 10.3. The van der Waals surface area contributed by atoms with Crippen molar-refractivity contribution in [3.63, 3.8) is 0 Å². The van der Waals surface area contributed by atoms with Crippen molar-refractivity contribution in [3.05, 3.63) is 24.3 Å². The van der Waals surface area contributed by atoms with E-state index in [9.17, 15) is 20.1 Å². The van der Waals surface area contributed by atoms with E-state index in [4.69, 9.17) is 0 Å². The highest BCUT2D eigenvalue weighted by Crippen LogP contribution is 2.15. The van der Waals surface area contributed by atoms with Gasteiger partial charge in [0.05, 0.1) is 18.8 Å². The zero-order valence-corrected chi connectivity index (χ0v) is 33.5. The summed E-state index contributed by atoms with van der Waals surface area (Å²) >= 11 is 0. The zero-order valence-electron chi connectivity index (χ0n) is 33.5. The molecule has 0 aliphatic rings. The highest BCUT2D eigenvalue weighted by Gasteiger charge is 2.26. The Morgan fingerprint density at radius 2 is 0.820 bits per heavy atom. The van der Waals surface area contributed by atoms with Crippen LogP contribution in [0.4, 0.5) is 0 Å². The lowest BCUT2D eigenvalue weighted by molar-refractivity contribution is -0.124. The van der Waals surface area contributed by atoms with Gasteiger partial charge in [-0.15, -0.1) is 0 Å². The van der Waals surface area contributed by atoms with Gasteiger partial charge in [0.25, 0.3) is 0 Å². The summed E-state index contributed by atoms with van der Waals surface area (Å²) in [6.07, 6.45) is 48.6. The molecule has 0 heterocycles. The zero-order chi connectivity index (χ0) is 36.6. The van der Waals surface area contributed by atoms with Gasteiger partial charge in [-0.2, -0.15) is 0 Å². The van der Waals surface area contributed by atoms with Gasteiger partial charge in [0.2, 0.25) is 5.91 Å². The number of carbonyl (C=O) groups excluding carboxylic acids is 1. The molecule has 0 spiro atoms. The van der Waals surface area contributed by atoms with Crippen molar-refractivity contribution in [2.24, 2.45) is 0 Å². The normalized spacial score (nSPS) is 13.8. The summed E-state index contributed by atoms with van der Waals surface area (Å²) in [5.74, 6) is -0.156. The second-order valence-electron chi connectivity index (χ2n) is 15.2. The summed E-state index contributed by atoms with van der Waals surface area (Å²) < 4.78 is 0. The Labute approximate surface area is 312 Å². The Morgan fingerprint density at radius 1 is 0.480 bits per heavy atom. The smallest absolute Gasteiger partial charge is 0.220 e. The minimum Gasteiger partial charge on any atom is -0.394 e. The van der Waals surface area contributed by atoms with E-state index in [0.717, 1.165) is 44.9 Å².